The Kier molecular flexibility index (Phi) is 9.86. The van der Waals surface area contributed by atoms with Crippen molar-refractivity contribution in [2.24, 2.45) is 0 Å². The first kappa shape index (κ1) is 21.3. The van der Waals surface area contributed by atoms with E-state index in [1.165, 1.54) is 0 Å². The molecule has 1 saturated heterocycles. The maximum atomic E-state index is 11.6. The van der Waals surface area contributed by atoms with Crippen LogP contribution in [0.1, 0.15) is 12.8 Å². The van der Waals surface area contributed by atoms with Crippen LogP contribution in [0.5, 0.6) is 0 Å². The molecule has 0 aromatic rings. The van der Waals surface area contributed by atoms with Crippen molar-refractivity contribution >= 4 is 28.4 Å². The molecule has 1 unspecified atom stereocenters. The minimum atomic E-state index is -3.56. The number of hydrogen-bond donors (Lipinski definition) is 1. The number of carboxylic acid groups (broad SMARTS) is 1. The maximum Gasteiger partial charge on any atom is 0.318 e. The summed E-state index contributed by atoms with van der Waals surface area (Å²) >= 11 is 0. The van der Waals surface area contributed by atoms with Crippen LogP contribution >= 0.6 is 12.4 Å². The van der Waals surface area contributed by atoms with Gasteiger partial charge in [-0.2, -0.15) is 4.31 Å². The fourth-order valence-electron chi connectivity index (χ4n) is 2.25. The average Bonchev–Trinajstić information content (AvgIpc) is 2.37. The van der Waals surface area contributed by atoms with Crippen molar-refractivity contribution in [3.8, 4) is 0 Å². The second-order valence-corrected chi connectivity index (χ2v) is 7.16. The smallest absolute Gasteiger partial charge is 0.318 e. The lowest BCUT2D eigenvalue weighted by Gasteiger charge is -2.34. The topological polar surface area (TPSA) is 87.2 Å². The first-order valence-corrected chi connectivity index (χ1v) is 8.79. The van der Waals surface area contributed by atoms with Crippen molar-refractivity contribution in [1.29, 1.82) is 0 Å². The molecular formula is C13H25ClN2O5S. The second-order valence-electron chi connectivity index (χ2n) is 5.17. The molecule has 0 aromatic carbocycles. The van der Waals surface area contributed by atoms with Gasteiger partial charge < -0.3 is 9.84 Å². The SMILES string of the molecule is C=CCCCN1CCOC(CN(CC(=O)O)S(C)(=O)=O)C1.Cl. The van der Waals surface area contributed by atoms with E-state index in [9.17, 15) is 13.2 Å². The third-order valence-corrected chi connectivity index (χ3v) is 4.51. The van der Waals surface area contributed by atoms with Gasteiger partial charge in [-0.05, 0) is 19.4 Å². The highest BCUT2D eigenvalue weighted by Crippen LogP contribution is 2.10. The number of carbonyl (C=O) groups is 1. The lowest BCUT2D eigenvalue weighted by molar-refractivity contribution is -0.137. The Morgan fingerprint density at radius 1 is 1.55 bits per heavy atom. The zero-order valence-electron chi connectivity index (χ0n) is 12.8. The van der Waals surface area contributed by atoms with Crippen LogP contribution in [-0.4, -0.2) is 80.4 Å². The molecule has 0 aliphatic carbocycles. The second kappa shape index (κ2) is 10.2. The Morgan fingerprint density at radius 2 is 2.23 bits per heavy atom. The molecule has 130 valence electrons. The van der Waals surface area contributed by atoms with Crippen molar-refractivity contribution in [1.82, 2.24) is 9.21 Å². The van der Waals surface area contributed by atoms with Crippen LogP contribution in [0.15, 0.2) is 12.7 Å². The number of halogens is 1. The van der Waals surface area contributed by atoms with Gasteiger partial charge in [-0.15, -0.1) is 19.0 Å². The fraction of sp³-hybridized carbons (Fsp3) is 0.769. The van der Waals surface area contributed by atoms with E-state index in [-0.39, 0.29) is 25.1 Å². The van der Waals surface area contributed by atoms with Crippen LogP contribution in [0.2, 0.25) is 0 Å². The Morgan fingerprint density at radius 3 is 2.77 bits per heavy atom. The normalized spacial score (nSPS) is 19.6. The summed E-state index contributed by atoms with van der Waals surface area (Å²) in [6, 6.07) is 0. The molecule has 0 bridgehead atoms. The largest absolute Gasteiger partial charge is 0.480 e. The summed E-state index contributed by atoms with van der Waals surface area (Å²) in [7, 11) is -3.56. The molecule has 1 aliphatic heterocycles. The predicted molar refractivity (Wildman–Crippen MR) is 86.9 cm³/mol. The van der Waals surface area contributed by atoms with Crippen molar-refractivity contribution in [3.63, 3.8) is 0 Å². The summed E-state index contributed by atoms with van der Waals surface area (Å²) in [4.78, 5) is 13.0. The summed E-state index contributed by atoms with van der Waals surface area (Å²) in [6.07, 6.45) is 4.53. The third kappa shape index (κ3) is 8.09. The number of morpholine rings is 1. The molecule has 1 heterocycles. The van der Waals surface area contributed by atoms with Gasteiger partial charge in [0.15, 0.2) is 0 Å². The highest BCUT2D eigenvalue weighted by Gasteiger charge is 2.27. The molecular weight excluding hydrogens is 332 g/mol. The zero-order valence-corrected chi connectivity index (χ0v) is 14.4. The van der Waals surface area contributed by atoms with E-state index >= 15 is 0 Å². The molecule has 0 saturated carbocycles. The van der Waals surface area contributed by atoms with E-state index < -0.39 is 22.5 Å². The lowest BCUT2D eigenvalue weighted by atomic mass is 10.2. The predicted octanol–water partition coefficient (Wildman–Crippen LogP) is 0.421. The molecule has 0 radical (unpaired) electrons. The molecule has 9 heteroatoms. The number of hydrogen-bond acceptors (Lipinski definition) is 5. The summed E-state index contributed by atoms with van der Waals surface area (Å²) < 4.78 is 29.7. The van der Waals surface area contributed by atoms with Gasteiger partial charge >= 0.3 is 5.97 Å². The molecule has 1 fully saturated rings. The van der Waals surface area contributed by atoms with E-state index in [2.05, 4.69) is 11.5 Å². The molecule has 22 heavy (non-hydrogen) atoms. The van der Waals surface area contributed by atoms with E-state index in [0.717, 1.165) is 36.5 Å². The van der Waals surface area contributed by atoms with E-state index in [1.807, 2.05) is 6.08 Å². The Bertz CT molecular complexity index is 457. The molecule has 1 atom stereocenters. The van der Waals surface area contributed by atoms with Gasteiger partial charge in [0.05, 0.1) is 19.0 Å². The molecule has 0 aromatic heterocycles. The molecule has 1 N–H and O–H groups in total. The maximum absolute atomic E-state index is 11.6. The Balaban J connectivity index is 0.00000441. The van der Waals surface area contributed by atoms with E-state index in [0.29, 0.717) is 13.2 Å². The van der Waals surface area contributed by atoms with Gasteiger partial charge in [0.2, 0.25) is 10.0 Å². The average molecular weight is 357 g/mol. The number of sulfonamides is 1. The van der Waals surface area contributed by atoms with E-state index in [1.54, 1.807) is 0 Å². The molecule has 1 aliphatic rings. The van der Waals surface area contributed by atoms with Crippen molar-refractivity contribution in [2.75, 3.05) is 45.6 Å². The van der Waals surface area contributed by atoms with Crippen LogP contribution in [0, 0.1) is 0 Å². The van der Waals surface area contributed by atoms with Crippen LogP contribution < -0.4 is 0 Å². The summed E-state index contributed by atoms with van der Waals surface area (Å²) in [6.45, 7) is 6.08. The van der Waals surface area contributed by atoms with Gasteiger partial charge in [-0.1, -0.05) is 6.08 Å². The lowest BCUT2D eigenvalue weighted by Crippen LogP contribution is -2.49. The van der Waals surface area contributed by atoms with E-state index in [4.69, 9.17) is 9.84 Å². The number of ether oxygens (including phenoxy) is 1. The van der Waals surface area contributed by atoms with Crippen LogP contribution in [0.4, 0.5) is 0 Å². The highest BCUT2D eigenvalue weighted by molar-refractivity contribution is 7.88. The van der Waals surface area contributed by atoms with Gasteiger partial charge in [-0.3, -0.25) is 9.69 Å². The van der Waals surface area contributed by atoms with Crippen molar-refractivity contribution in [3.05, 3.63) is 12.7 Å². The first-order valence-electron chi connectivity index (χ1n) is 6.94. The fourth-order valence-corrected chi connectivity index (χ4v) is 3.03. The zero-order chi connectivity index (χ0) is 15.9. The highest BCUT2D eigenvalue weighted by atomic mass is 35.5. The molecule has 0 amide bonds. The molecule has 0 spiro atoms. The monoisotopic (exact) mass is 356 g/mol. The van der Waals surface area contributed by atoms with Crippen molar-refractivity contribution in [2.45, 2.75) is 18.9 Å². The van der Waals surface area contributed by atoms with Gasteiger partial charge in [-0.25, -0.2) is 8.42 Å². The van der Waals surface area contributed by atoms with Gasteiger partial charge in [0, 0.05) is 19.6 Å². The van der Waals surface area contributed by atoms with Crippen molar-refractivity contribution < 1.29 is 23.1 Å². The molecule has 1 rings (SSSR count). The summed E-state index contributed by atoms with van der Waals surface area (Å²) in [5, 5.41) is 8.81. The molecule has 7 nitrogen and oxygen atoms in total. The minimum Gasteiger partial charge on any atom is -0.480 e. The minimum absolute atomic E-state index is 0. The summed E-state index contributed by atoms with van der Waals surface area (Å²) in [5.41, 5.74) is 0. The number of aliphatic carboxylic acids is 1. The first-order chi connectivity index (χ1) is 9.82. The number of rotatable bonds is 9. The number of carboxylic acids is 1. The Labute approximate surface area is 138 Å². The van der Waals surface area contributed by atoms with Crippen LogP contribution in [0.3, 0.4) is 0 Å². The number of nitrogens with zero attached hydrogens (tertiary/aromatic N) is 2. The van der Waals surface area contributed by atoms with Crippen LogP contribution in [0.25, 0.3) is 0 Å². The van der Waals surface area contributed by atoms with Gasteiger partial charge in [0.25, 0.3) is 0 Å². The number of unbranched alkanes of at least 4 members (excludes halogenated alkanes) is 1. The van der Waals surface area contributed by atoms with Gasteiger partial charge in [0.1, 0.15) is 6.54 Å². The Hall–Kier alpha value is -0.670. The van der Waals surface area contributed by atoms with Crippen LogP contribution in [-0.2, 0) is 19.6 Å². The number of allylic oxidation sites excluding steroid dienone is 1. The third-order valence-electron chi connectivity index (χ3n) is 3.29. The summed E-state index contributed by atoms with van der Waals surface area (Å²) in [5.74, 6) is -1.17. The quantitative estimate of drug-likeness (QED) is 0.476. The standard InChI is InChI=1S/C13H24N2O5S.ClH/c1-3-4-5-6-14-7-8-20-12(9-14)10-15(11-13(16)17)21(2,18)19;/h3,12H,1,4-11H2,2H3,(H,16,17);1H.